The minimum Gasteiger partial charge on any atom is -0.494 e. The largest absolute Gasteiger partial charge is 0.494 e. The first kappa shape index (κ1) is 14.3. The van der Waals surface area contributed by atoms with E-state index in [0.717, 1.165) is 33.7 Å². The molecule has 0 N–H and O–H groups in total. The van der Waals surface area contributed by atoms with Crippen LogP contribution in [0.5, 0.6) is 11.5 Å². The van der Waals surface area contributed by atoms with E-state index in [4.69, 9.17) is 9.47 Å². The standard InChI is InChI=1S/C18H18N2O2/c1-12(2)22-14-9-7-13(8-10-14)17-15-5-4-6-16(21-3)18(15)20-11-19-17/h4-12H,1-3H3. The maximum atomic E-state index is 5.68. The van der Waals surface area contributed by atoms with Crippen molar-refractivity contribution in [3.63, 3.8) is 0 Å². The molecular formula is C18H18N2O2. The van der Waals surface area contributed by atoms with Gasteiger partial charge in [0.25, 0.3) is 0 Å². The molecule has 3 rings (SSSR count). The quantitative estimate of drug-likeness (QED) is 0.727. The highest BCUT2D eigenvalue weighted by atomic mass is 16.5. The molecule has 4 nitrogen and oxygen atoms in total. The van der Waals surface area contributed by atoms with E-state index < -0.39 is 0 Å². The molecule has 1 heterocycles. The molecule has 112 valence electrons. The van der Waals surface area contributed by atoms with Crippen LogP contribution in [-0.4, -0.2) is 23.2 Å². The van der Waals surface area contributed by atoms with E-state index in [1.807, 2.05) is 56.3 Å². The predicted octanol–water partition coefficient (Wildman–Crippen LogP) is 4.09. The summed E-state index contributed by atoms with van der Waals surface area (Å²) in [6.07, 6.45) is 1.73. The van der Waals surface area contributed by atoms with Gasteiger partial charge in [0, 0.05) is 10.9 Å². The Morgan fingerprint density at radius 1 is 0.955 bits per heavy atom. The number of aromatic nitrogens is 2. The molecule has 0 bridgehead atoms. The van der Waals surface area contributed by atoms with Gasteiger partial charge in [-0.1, -0.05) is 12.1 Å². The highest BCUT2D eigenvalue weighted by Gasteiger charge is 2.10. The minimum atomic E-state index is 0.162. The summed E-state index contributed by atoms with van der Waals surface area (Å²) in [5, 5.41) is 0.972. The highest BCUT2D eigenvalue weighted by Crippen LogP contribution is 2.31. The van der Waals surface area contributed by atoms with Crippen LogP contribution in [-0.2, 0) is 0 Å². The van der Waals surface area contributed by atoms with Crippen molar-refractivity contribution in [3.05, 3.63) is 48.8 Å². The lowest BCUT2D eigenvalue weighted by Crippen LogP contribution is -2.05. The monoisotopic (exact) mass is 294 g/mol. The smallest absolute Gasteiger partial charge is 0.145 e. The number of rotatable bonds is 4. The molecule has 3 aromatic rings. The van der Waals surface area contributed by atoms with Gasteiger partial charge in [0.15, 0.2) is 0 Å². The summed E-state index contributed by atoms with van der Waals surface area (Å²) >= 11 is 0. The maximum absolute atomic E-state index is 5.68. The van der Waals surface area contributed by atoms with Crippen LogP contribution in [0.4, 0.5) is 0 Å². The Morgan fingerprint density at radius 3 is 2.41 bits per heavy atom. The van der Waals surface area contributed by atoms with Crippen LogP contribution >= 0.6 is 0 Å². The summed E-state index contributed by atoms with van der Waals surface area (Å²) in [5.41, 5.74) is 2.73. The summed E-state index contributed by atoms with van der Waals surface area (Å²) in [7, 11) is 1.65. The second-order valence-electron chi connectivity index (χ2n) is 5.27. The van der Waals surface area contributed by atoms with Crippen molar-refractivity contribution >= 4 is 10.9 Å². The van der Waals surface area contributed by atoms with Gasteiger partial charge in [-0.3, -0.25) is 0 Å². The lowest BCUT2D eigenvalue weighted by atomic mass is 10.1. The van der Waals surface area contributed by atoms with Gasteiger partial charge < -0.3 is 9.47 Å². The molecule has 0 amide bonds. The first-order valence-electron chi connectivity index (χ1n) is 7.24. The maximum Gasteiger partial charge on any atom is 0.145 e. The van der Waals surface area contributed by atoms with Crippen molar-refractivity contribution in [3.8, 4) is 22.8 Å². The molecule has 0 unspecified atom stereocenters. The zero-order valence-electron chi connectivity index (χ0n) is 12.9. The Labute approximate surface area is 129 Å². The normalized spacial score (nSPS) is 10.9. The van der Waals surface area contributed by atoms with Gasteiger partial charge in [0.1, 0.15) is 23.3 Å². The molecule has 0 saturated heterocycles. The van der Waals surface area contributed by atoms with Crippen LogP contribution in [0, 0.1) is 0 Å². The summed E-state index contributed by atoms with van der Waals surface area (Å²) in [5.74, 6) is 1.61. The Kier molecular flexibility index (Phi) is 3.92. The van der Waals surface area contributed by atoms with E-state index in [9.17, 15) is 0 Å². The molecule has 0 fully saturated rings. The predicted molar refractivity (Wildman–Crippen MR) is 87.3 cm³/mol. The summed E-state index contributed by atoms with van der Waals surface area (Å²) in [6.45, 7) is 4.02. The number of fused-ring (bicyclic) bond motifs is 1. The van der Waals surface area contributed by atoms with E-state index in [1.165, 1.54) is 0 Å². The Balaban J connectivity index is 2.06. The fraction of sp³-hybridized carbons (Fsp3) is 0.222. The van der Waals surface area contributed by atoms with Crippen molar-refractivity contribution in [1.82, 2.24) is 9.97 Å². The molecule has 0 aliphatic rings. The second-order valence-corrected chi connectivity index (χ2v) is 5.27. The minimum absolute atomic E-state index is 0.162. The lowest BCUT2D eigenvalue weighted by molar-refractivity contribution is 0.242. The van der Waals surface area contributed by atoms with Gasteiger partial charge in [-0.2, -0.15) is 0 Å². The third-order valence-electron chi connectivity index (χ3n) is 3.35. The third-order valence-corrected chi connectivity index (χ3v) is 3.35. The van der Waals surface area contributed by atoms with Crippen LogP contribution in [0.2, 0.25) is 0 Å². The average Bonchev–Trinajstić information content (AvgIpc) is 2.54. The number of methoxy groups -OCH3 is 1. The van der Waals surface area contributed by atoms with Crippen LogP contribution in [0.1, 0.15) is 13.8 Å². The van der Waals surface area contributed by atoms with E-state index in [-0.39, 0.29) is 6.10 Å². The number of hydrogen-bond acceptors (Lipinski definition) is 4. The van der Waals surface area contributed by atoms with Gasteiger partial charge in [0.05, 0.1) is 18.9 Å². The fourth-order valence-corrected chi connectivity index (χ4v) is 2.42. The van der Waals surface area contributed by atoms with Crippen molar-refractivity contribution in [1.29, 1.82) is 0 Å². The molecule has 0 saturated carbocycles. The van der Waals surface area contributed by atoms with E-state index >= 15 is 0 Å². The number of hydrogen-bond donors (Lipinski definition) is 0. The second kappa shape index (κ2) is 6.02. The molecule has 0 aliphatic carbocycles. The van der Waals surface area contributed by atoms with Crippen molar-refractivity contribution in [2.45, 2.75) is 20.0 Å². The Hall–Kier alpha value is -2.62. The first-order chi connectivity index (χ1) is 10.7. The molecule has 0 spiro atoms. The van der Waals surface area contributed by atoms with Gasteiger partial charge in [-0.15, -0.1) is 0 Å². The van der Waals surface area contributed by atoms with Crippen LogP contribution in [0.3, 0.4) is 0 Å². The Morgan fingerprint density at radius 2 is 1.73 bits per heavy atom. The van der Waals surface area contributed by atoms with E-state index in [1.54, 1.807) is 13.4 Å². The number of para-hydroxylation sites is 1. The van der Waals surface area contributed by atoms with Gasteiger partial charge in [-0.05, 0) is 44.2 Å². The molecule has 2 aromatic carbocycles. The van der Waals surface area contributed by atoms with E-state index in [2.05, 4.69) is 9.97 Å². The van der Waals surface area contributed by atoms with Gasteiger partial charge >= 0.3 is 0 Å². The molecule has 0 atom stereocenters. The summed E-state index contributed by atoms with van der Waals surface area (Å²) in [4.78, 5) is 8.77. The van der Waals surface area contributed by atoms with E-state index in [0.29, 0.717) is 0 Å². The zero-order valence-corrected chi connectivity index (χ0v) is 12.9. The highest BCUT2D eigenvalue weighted by molar-refractivity contribution is 5.95. The number of benzene rings is 2. The Bertz CT molecular complexity index is 783. The van der Waals surface area contributed by atoms with Gasteiger partial charge in [0.2, 0.25) is 0 Å². The topological polar surface area (TPSA) is 44.2 Å². The first-order valence-corrected chi connectivity index (χ1v) is 7.24. The SMILES string of the molecule is COc1cccc2c(-c3ccc(OC(C)C)cc3)ncnc12. The molecular weight excluding hydrogens is 276 g/mol. The zero-order chi connectivity index (χ0) is 15.5. The molecule has 0 radical (unpaired) electrons. The molecule has 1 aromatic heterocycles. The van der Waals surface area contributed by atoms with Crippen molar-refractivity contribution in [2.24, 2.45) is 0 Å². The van der Waals surface area contributed by atoms with Crippen LogP contribution < -0.4 is 9.47 Å². The van der Waals surface area contributed by atoms with Crippen molar-refractivity contribution < 1.29 is 9.47 Å². The summed E-state index contributed by atoms with van der Waals surface area (Å²) in [6, 6.07) is 13.8. The van der Waals surface area contributed by atoms with Crippen LogP contribution in [0.25, 0.3) is 22.2 Å². The molecule has 4 heteroatoms. The van der Waals surface area contributed by atoms with Crippen LogP contribution in [0.15, 0.2) is 48.8 Å². The number of nitrogens with zero attached hydrogens (tertiary/aromatic N) is 2. The van der Waals surface area contributed by atoms with Crippen molar-refractivity contribution in [2.75, 3.05) is 7.11 Å². The fourth-order valence-electron chi connectivity index (χ4n) is 2.42. The summed E-state index contributed by atoms with van der Waals surface area (Å²) < 4.78 is 11.0. The molecule has 22 heavy (non-hydrogen) atoms. The number of ether oxygens (including phenoxy) is 2. The molecule has 0 aliphatic heterocycles. The third kappa shape index (κ3) is 2.72. The average molecular weight is 294 g/mol. The van der Waals surface area contributed by atoms with Gasteiger partial charge in [-0.25, -0.2) is 9.97 Å². The lowest BCUT2D eigenvalue weighted by Gasteiger charge is -2.11.